The summed E-state index contributed by atoms with van der Waals surface area (Å²) >= 11 is 0. The number of urea groups is 1. The Morgan fingerprint density at radius 1 is 1.37 bits per heavy atom. The molecule has 0 aromatic carbocycles. The number of aryl methyl sites for hydroxylation is 2. The molecule has 1 atom stereocenters. The minimum absolute atomic E-state index is 0.257. The molecule has 3 amide bonds. The summed E-state index contributed by atoms with van der Waals surface area (Å²) in [5.74, 6) is -3.33. The minimum Gasteiger partial charge on any atom is -0.359 e. The Bertz CT molecular complexity index is 538. The van der Waals surface area contributed by atoms with Gasteiger partial charge < -0.3 is 9.42 Å². The van der Waals surface area contributed by atoms with Gasteiger partial charge in [-0.05, 0) is 13.8 Å². The van der Waals surface area contributed by atoms with E-state index in [1.807, 2.05) is 0 Å². The minimum atomic E-state index is -3.00. The van der Waals surface area contributed by atoms with Gasteiger partial charge in [-0.2, -0.15) is 0 Å². The zero-order valence-electron chi connectivity index (χ0n) is 10.3. The zero-order chi connectivity index (χ0) is 13.9. The topological polar surface area (TPSA) is 66.7 Å². The fourth-order valence-electron chi connectivity index (χ4n) is 2.61. The summed E-state index contributed by atoms with van der Waals surface area (Å²) in [6.07, 6.45) is -0.628. The third-order valence-electron chi connectivity index (χ3n) is 3.43. The highest BCUT2D eigenvalue weighted by Gasteiger charge is 2.58. The van der Waals surface area contributed by atoms with Crippen molar-refractivity contribution in [3.8, 4) is 0 Å². The van der Waals surface area contributed by atoms with Crippen molar-refractivity contribution < 1.29 is 22.9 Å². The summed E-state index contributed by atoms with van der Waals surface area (Å²) in [5, 5.41) is 3.66. The largest absolute Gasteiger partial charge is 0.359 e. The molecule has 3 rings (SSSR count). The van der Waals surface area contributed by atoms with Gasteiger partial charge in [0.05, 0.1) is 6.54 Å². The molecule has 0 N–H and O–H groups in total. The number of aromatic nitrogens is 1. The highest BCUT2D eigenvalue weighted by Crippen LogP contribution is 2.40. The van der Waals surface area contributed by atoms with Crippen molar-refractivity contribution in [2.45, 2.75) is 32.2 Å². The summed E-state index contributed by atoms with van der Waals surface area (Å²) in [6, 6.07) is -1.82. The number of alkyl halides is 2. The smallest absolute Gasteiger partial charge is 0.332 e. The number of anilines is 1. The zero-order valence-corrected chi connectivity index (χ0v) is 10.3. The number of imide groups is 1. The van der Waals surface area contributed by atoms with Crippen molar-refractivity contribution in [2.24, 2.45) is 0 Å². The molecule has 2 saturated heterocycles. The Morgan fingerprint density at radius 2 is 2.05 bits per heavy atom. The summed E-state index contributed by atoms with van der Waals surface area (Å²) < 4.78 is 31.4. The predicted molar refractivity (Wildman–Crippen MR) is 58.9 cm³/mol. The fraction of sp³-hybridized carbons (Fsp3) is 0.545. The van der Waals surface area contributed by atoms with Crippen LogP contribution in [0.5, 0.6) is 0 Å². The molecule has 0 saturated carbocycles. The predicted octanol–water partition coefficient (Wildman–Crippen LogP) is 1.47. The van der Waals surface area contributed by atoms with E-state index >= 15 is 0 Å². The third kappa shape index (κ3) is 1.55. The summed E-state index contributed by atoms with van der Waals surface area (Å²) in [7, 11) is 0. The fourth-order valence-corrected chi connectivity index (χ4v) is 2.61. The highest BCUT2D eigenvalue weighted by atomic mass is 19.3. The van der Waals surface area contributed by atoms with Crippen LogP contribution < -0.4 is 4.90 Å². The molecule has 19 heavy (non-hydrogen) atoms. The van der Waals surface area contributed by atoms with Gasteiger partial charge >= 0.3 is 6.03 Å². The van der Waals surface area contributed by atoms with Crippen molar-refractivity contribution in [3.05, 3.63) is 11.5 Å². The summed E-state index contributed by atoms with van der Waals surface area (Å²) in [4.78, 5) is 26.1. The molecule has 2 aliphatic heterocycles. The number of hydrogen-bond acceptors (Lipinski definition) is 4. The first kappa shape index (κ1) is 12.1. The molecular weight excluding hydrogens is 260 g/mol. The van der Waals surface area contributed by atoms with E-state index in [0.29, 0.717) is 11.5 Å². The Balaban J connectivity index is 2.00. The Morgan fingerprint density at radius 3 is 2.58 bits per heavy atom. The van der Waals surface area contributed by atoms with Gasteiger partial charge in [0, 0.05) is 6.42 Å². The van der Waals surface area contributed by atoms with Crippen LogP contribution in [0, 0.1) is 13.8 Å². The molecule has 1 aromatic rings. The maximum absolute atomic E-state index is 13.2. The second-order valence-electron chi connectivity index (χ2n) is 4.83. The van der Waals surface area contributed by atoms with Gasteiger partial charge in [0.2, 0.25) is 0 Å². The van der Waals surface area contributed by atoms with Gasteiger partial charge in [0.25, 0.3) is 11.8 Å². The molecule has 0 aliphatic carbocycles. The van der Waals surface area contributed by atoms with E-state index in [0.717, 1.165) is 9.80 Å². The first-order chi connectivity index (χ1) is 8.82. The first-order valence-corrected chi connectivity index (χ1v) is 5.77. The number of halogens is 2. The van der Waals surface area contributed by atoms with Gasteiger partial charge in [0.1, 0.15) is 17.4 Å². The van der Waals surface area contributed by atoms with E-state index in [2.05, 4.69) is 5.16 Å². The number of hydrogen-bond donors (Lipinski definition) is 0. The quantitative estimate of drug-likeness (QED) is 0.725. The van der Waals surface area contributed by atoms with Gasteiger partial charge in [-0.25, -0.2) is 18.5 Å². The molecule has 0 spiro atoms. The second kappa shape index (κ2) is 3.52. The lowest BCUT2D eigenvalue weighted by atomic mass is 10.1. The Kier molecular flexibility index (Phi) is 2.24. The molecular formula is C11H11F2N3O3. The molecule has 6 nitrogen and oxygen atoms in total. The summed E-state index contributed by atoms with van der Waals surface area (Å²) in [6.45, 7) is 2.43. The Hall–Kier alpha value is -1.99. The molecule has 102 valence electrons. The number of amides is 3. The average molecular weight is 271 g/mol. The molecule has 2 fully saturated rings. The Labute approximate surface area is 106 Å². The highest BCUT2D eigenvalue weighted by molar-refractivity contribution is 6.22. The second-order valence-corrected chi connectivity index (χ2v) is 4.83. The maximum atomic E-state index is 13.2. The van der Waals surface area contributed by atoms with Crippen LogP contribution in [0.4, 0.5) is 19.3 Å². The van der Waals surface area contributed by atoms with Gasteiger partial charge in [-0.15, -0.1) is 0 Å². The van der Waals surface area contributed by atoms with Crippen LogP contribution in [0.3, 0.4) is 0 Å². The van der Waals surface area contributed by atoms with Crippen molar-refractivity contribution in [1.82, 2.24) is 10.1 Å². The molecule has 0 bridgehead atoms. The molecule has 0 radical (unpaired) electrons. The number of carbonyl (C=O) groups is 2. The van der Waals surface area contributed by atoms with Crippen LogP contribution >= 0.6 is 0 Å². The van der Waals surface area contributed by atoms with E-state index in [1.54, 1.807) is 13.8 Å². The monoisotopic (exact) mass is 271 g/mol. The molecule has 0 unspecified atom stereocenters. The van der Waals surface area contributed by atoms with Crippen LogP contribution in [0.1, 0.15) is 17.9 Å². The van der Waals surface area contributed by atoms with E-state index in [9.17, 15) is 18.4 Å². The van der Waals surface area contributed by atoms with E-state index in [-0.39, 0.29) is 5.69 Å². The van der Waals surface area contributed by atoms with E-state index in [4.69, 9.17) is 4.52 Å². The van der Waals surface area contributed by atoms with Crippen molar-refractivity contribution in [2.75, 3.05) is 11.4 Å². The van der Waals surface area contributed by atoms with Gasteiger partial charge in [-0.3, -0.25) is 4.79 Å². The molecule has 8 heteroatoms. The normalized spacial score (nSPS) is 25.4. The van der Waals surface area contributed by atoms with Crippen molar-refractivity contribution in [1.29, 1.82) is 0 Å². The van der Waals surface area contributed by atoms with Crippen LogP contribution in [-0.4, -0.2) is 40.5 Å². The van der Waals surface area contributed by atoms with E-state index in [1.165, 1.54) is 0 Å². The van der Waals surface area contributed by atoms with Crippen LogP contribution in [0.25, 0.3) is 0 Å². The number of carbonyl (C=O) groups excluding carboxylic acids is 2. The lowest BCUT2D eigenvalue weighted by Gasteiger charge is -2.16. The lowest BCUT2D eigenvalue weighted by Crippen LogP contribution is -2.37. The van der Waals surface area contributed by atoms with Crippen LogP contribution in [-0.2, 0) is 4.79 Å². The van der Waals surface area contributed by atoms with E-state index < -0.39 is 36.9 Å². The number of rotatable bonds is 1. The third-order valence-corrected chi connectivity index (χ3v) is 3.43. The molecule has 1 aromatic heterocycles. The summed E-state index contributed by atoms with van der Waals surface area (Å²) in [5.41, 5.74) is 0.639. The van der Waals surface area contributed by atoms with Gasteiger partial charge in [-0.1, -0.05) is 5.16 Å². The molecule has 3 heterocycles. The van der Waals surface area contributed by atoms with Crippen LogP contribution in [0.15, 0.2) is 4.52 Å². The first-order valence-electron chi connectivity index (χ1n) is 5.77. The standard InChI is InChI=1S/C11H11F2N3O3/c1-5-8(6(2)19-14-5)16-9(17)7-3-11(12,13)4-15(7)10(16)18/h7H,3-4H2,1-2H3/t7-/m0/s1. The number of fused-ring (bicyclic) bond motifs is 1. The number of nitrogens with zero attached hydrogens (tertiary/aromatic N) is 3. The van der Waals surface area contributed by atoms with Gasteiger partial charge in [0.15, 0.2) is 5.76 Å². The lowest BCUT2D eigenvalue weighted by molar-refractivity contribution is -0.119. The average Bonchev–Trinajstić information content (AvgIpc) is 2.87. The molecule has 2 aliphatic rings. The van der Waals surface area contributed by atoms with Crippen LogP contribution in [0.2, 0.25) is 0 Å². The maximum Gasteiger partial charge on any atom is 0.332 e. The SMILES string of the molecule is Cc1noc(C)c1N1C(=O)[C@@H]2CC(F)(F)CN2C1=O. The van der Waals surface area contributed by atoms with Crippen molar-refractivity contribution >= 4 is 17.6 Å². The van der Waals surface area contributed by atoms with Crippen molar-refractivity contribution in [3.63, 3.8) is 0 Å².